The van der Waals surface area contributed by atoms with Gasteiger partial charge >= 0.3 is 0 Å². The maximum Gasteiger partial charge on any atom is 0.136 e. The van der Waals surface area contributed by atoms with E-state index >= 15 is 0 Å². The van der Waals surface area contributed by atoms with Gasteiger partial charge in [-0.1, -0.05) is 6.07 Å². The summed E-state index contributed by atoms with van der Waals surface area (Å²) in [6.07, 6.45) is 9.73. The molecule has 0 bridgehead atoms. The van der Waals surface area contributed by atoms with E-state index in [1.807, 2.05) is 16.8 Å². The summed E-state index contributed by atoms with van der Waals surface area (Å²) < 4.78 is 7.56. The van der Waals surface area contributed by atoms with Gasteiger partial charge in [0.25, 0.3) is 0 Å². The highest BCUT2D eigenvalue weighted by molar-refractivity contribution is 5.45. The molecule has 32 heavy (non-hydrogen) atoms. The summed E-state index contributed by atoms with van der Waals surface area (Å²) >= 11 is 0. The number of morpholine rings is 1. The van der Waals surface area contributed by atoms with E-state index < -0.39 is 0 Å². The minimum Gasteiger partial charge on any atom is -0.378 e. The highest BCUT2D eigenvalue weighted by atomic mass is 16.5. The monoisotopic (exact) mass is 426 g/mol. The van der Waals surface area contributed by atoms with E-state index in [1.165, 1.54) is 24.1 Å². The van der Waals surface area contributed by atoms with Crippen LogP contribution in [0.15, 0.2) is 55.0 Å². The molecule has 4 aromatic heterocycles. The number of hydrogen-bond acceptors (Lipinski definition) is 6. The van der Waals surface area contributed by atoms with Crippen LogP contribution in [0.1, 0.15) is 47.2 Å². The Morgan fingerprint density at radius 3 is 2.69 bits per heavy atom. The van der Waals surface area contributed by atoms with Gasteiger partial charge in [0.15, 0.2) is 0 Å². The van der Waals surface area contributed by atoms with E-state index in [0.717, 1.165) is 61.4 Å². The molecular weight excluding hydrogens is 400 g/mol. The van der Waals surface area contributed by atoms with Crippen LogP contribution in [0.3, 0.4) is 0 Å². The molecule has 0 spiro atoms. The number of fused-ring (bicyclic) bond motifs is 1. The molecule has 0 amide bonds. The molecule has 1 aliphatic carbocycles. The maximum absolute atomic E-state index is 5.54. The Morgan fingerprint density at radius 1 is 0.906 bits per heavy atom. The fourth-order valence-corrected chi connectivity index (χ4v) is 4.30. The second-order valence-electron chi connectivity index (χ2n) is 8.64. The zero-order valence-electron chi connectivity index (χ0n) is 18.0. The van der Waals surface area contributed by atoms with Crippen LogP contribution >= 0.6 is 0 Å². The van der Waals surface area contributed by atoms with Crippen molar-refractivity contribution in [2.24, 2.45) is 0 Å². The molecule has 0 unspecified atom stereocenters. The molecule has 162 valence electrons. The van der Waals surface area contributed by atoms with Gasteiger partial charge in [0, 0.05) is 61.5 Å². The molecular formula is C25H26N6O. The fraction of sp³-hybridized carbons (Fsp3) is 0.360. The number of rotatable bonds is 6. The lowest BCUT2D eigenvalue weighted by Crippen LogP contribution is -2.37. The number of ether oxygens (including phenoxy) is 1. The van der Waals surface area contributed by atoms with E-state index in [1.54, 1.807) is 0 Å². The third kappa shape index (κ3) is 4.21. The topological polar surface area (TPSA) is 68.4 Å². The van der Waals surface area contributed by atoms with Crippen molar-refractivity contribution in [2.45, 2.75) is 31.6 Å². The Kier molecular flexibility index (Phi) is 5.03. The summed E-state index contributed by atoms with van der Waals surface area (Å²) in [5.41, 5.74) is 5.41. The minimum atomic E-state index is 0.642. The van der Waals surface area contributed by atoms with E-state index in [-0.39, 0.29) is 0 Å². The van der Waals surface area contributed by atoms with Gasteiger partial charge in [0.2, 0.25) is 0 Å². The number of nitrogens with zero attached hydrogens (tertiary/aromatic N) is 6. The van der Waals surface area contributed by atoms with Crippen LogP contribution in [-0.4, -0.2) is 50.6 Å². The van der Waals surface area contributed by atoms with Gasteiger partial charge in [-0.3, -0.25) is 4.98 Å². The average Bonchev–Trinajstić information content (AvgIpc) is 3.57. The molecule has 7 nitrogen and oxygen atoms in total. The lowest BCUT2D eigenvalue weighted by Gasteiger charge is -2.28. The molecule has 0 radical (unpaired) electrons. The Labute approximate surface area is 187 Å². The first-order valence-corrected chi connectivity index (χ1v) is 11.4. The van der Waals surface area contributed by atoms with Crippen molar-refractivity contribution < 1.29 is 4.74 Å². The number of anilines is 1. The van der Waals surface area contributed by atoms with Crippen molar-refractivity contribution >= 4 is 11.5 Å². The van der Waals surface area contributed by atoms with Crippen LogP contribution in [0.4, 0.5) is 5.82 Å². The zero-order chi connectivity index (χ0) is 21.3. The van der Waals surface area contributed by atoms with E-state index in [0.29, 0.717) is 12.3 Å². The van der Waals surface area contributed by atoms with Crippen LogP contribution < -0.4 is 4.90 Å². The molecule has 4 aromatic rings. The Balaban J connectivity index is 1.32. The number of aromatic nitrogens is 5. The zero-order valence-corrected chi connectivity index (χ0v) is 18.0. The summed E-state index contributed by atoms with van der Waals surface area (Å²) in [7, 11) is 0. The number of imidazole rings is 1. The van der Waals surface area contributed by atoms with Gasteiger partial charge in [-0.25, -0.2) is 15.0 Å². The van der Waals surface area contributed by atoms with Gasteiger partial charge in [0.05, 0.1) is 25.3 Å². The molecule has 1 saturated carbocycles. The van der Waals surface area contributed by atoms with Gasteiger partial charge < -0.3 is 14.0 Å². The predicted molar refractivity (Wildman–Crippen MR) is 122 cm³/mol. The van der Waals surface area contributed by atoms with Crippen molar-refractivity contribution in [3.63, 3.8) is 0 Å². The summed E-state index contributed by atoms with van der Waals surface area (Å²) in [6.45, 7) is 3.17. The first-order valence-electron chi connectivity index (χ1n) is 11.4. The molecule has 6 rings (SSSR count). The van der Waals surface area contributed by atoms with Crippen molar-refractivity contribution in [3.8, 4) is 0 Å². The second kappa shape index (κ2) is 8.31. The average molecular weight is 427 g/mol. The second-order valence-corrected chi connectivity index (χ2v) is 8.64. The molecule has 1 aliphatic heterocycles. The molecule has 2 fully saturated rings. The SMILES string of the molecule is c1cc(Cc2nc(Cc3ccn4ccnc4c3)cc(N3CCOCC3)n2)nc(C2CC2)c1. The third-order valence-corrected chi connectivity index (χ3v) is 6.16. The van der Waals surface area contributed by atoms with E-state index in [2.05, 4.69) is 52.5 Å². The highest BCUT2D eigenvalue weighted by Crippen LogP contribution is 2.38. The van der Waals surface area contributed by atoms with Gasteiger partial charge in [-0.2, -0.15) is 0 Å². The molecule has 5 heterocycles. The van der Waals surface area contributed by atoms with Crippen LogP contribution in [0.2, 0.25) is 0 Å². The lowest BCUT2D eigenvalue weighted by molar-refractivity contribution is 0.122. The lowest BCUT2D eigenvalue weighted by atomic mass is 10.1. The standard InChI is InChI=1S/C25H26N6O/c1-2-20(27-22(3-1)19-4-5-19)16-23-28-21(17-25(29-23)31-10-12-32-13-11-31)14-18-6-8-30-9-7-26-24(30)15-18/h1-3,6-9,15,17,19H,4-5,10-14,16H2. The van der Waals surface area contributed by atoms with Crippen LogP contribution in [0, 0.1) is 0 Å². The molecule has 1 saturated heterocycles. The minimum absolute atomic E-state index is 0.642. The van der Waals surface area contributed by atoms with Crippen LogP contribution in [-0.2, 0) is 17.6 Å². The van der Waals surface area contributed by atoms with E-state index in [4.69, 9.17) is 19.7 Å². The van der Waals surface area contributed by atoms with Gasteiger partial charge in [-0.05, 0) is 42.7 Å². The van der Waals surface area contributed by atoms with Crippen molar-refractivity contribution in [1.29, 1.82) is 0 Å². The van der Waals surface area contributed by atoms with Gasteiger partial charge in [-0.15, -0.1) is 0 Å². The van der Waals surface area contributed by atoms with E-state index in [9.17, 15) is 0 Å². The Morgan fingerprint density at radius 2 is 1.81 bits per heavy atom. The fourth-order valence-electron chi connectivity index (χ4n) is 4.30. The van der Waals surface area contributed by atoms with Crippen molar-refractivity contribution in [1.82, 2.24) is 24.3 Å². The molecule has 0 atom stereocenters. The third-order valence-electron chi connectivity index (χ3n) is 6.16. The normalized spacial score (nSPS) is 16.6. The first kappa shape index (κ1) is 19.4. The molecule has 0 aromatic carbocycles. The smallest absolute Gasteiger partial charge is 0.136 e. The maximum atomic E-state index is 5.54. The summed E-state index contributed by atoms with van der Waals surface area (Å²) in [5, 5.41) is 0. The molecule has 2 aliphatic rings. The Bertz CT molecular complexity index is 1240. The first-order chi connectivity index (χ1) is 15.8. The largest absolute Gasteiger partial charge is 0.378 e. The number of pyridine rings is 2. The number of hydrogen-bond donors (Lipinski definition) is 0. The Hall–Kier alpha value is -3.32. The van der Waals surface area contributed by atoms with Crippen LogP contribution in [0.5, 0.6) is 0 Å². The summed E-state index contributed by atoms with van der Waals surface area (Å²) in [5.74, 6) is 2.45. The predicted octanol–water partition coefficient (Wildman–Crippen LogP) is 3.41. The van der Waals surface area contributed by atoms with Crippen molar-refractivity contribution in [2.75, 3.05) is 31.2 Å². The molecule has 0 N–H and O–H groups in total. The summed E-state index contributed by atoms with van der Waals surface area (Å²) in [4.78, 5) is 21.5. The summed E-state index contributed by atoms with van der Waals surface area (Å²) in [6, 6.07) is 12.7. The quantitative estimate of drug-likeness (QED) is 0.471. The van der Waals surface area contributed by atoms with Crippen LogP contribution in [0.25, 0.3) is 5.65 Å². The van der Waals surface area contributed by atoms with Crippen molar-refractivity contribution in [3.05, 3.63) is 83.5 Å². The van der Waals surface area contributed by atoms with Gasteiger partial charge in [0.1, 0.15) is 17.3 Å². The molecule has 7 heteroatoms. The highest BCUT2D eigenvalue weighted by Gasteiger charge is 2.25.